The highest BCUT2D eigenvalue weighted by Gasteiger charge is 2.25. The van der Waals surface area contributed by atoms with Crippen molar-refractivity contribution in [3.63, 3.8) is 0 Å². The Morgan fingerprint density at radius 3 is 2.58 bits per heavy atom. The molecule has 0 atom stereocenters. The molecule has 0 saturated carbocycles. The molecule has 0 N–H and O–H groups in total. The Morgan fingerprint density at radius 2 is 1.88 bits per heavy atom. The van der Waals surface area contributed by atoms with Crippen molar-refractivity contribution in [3.8, 4) is 11.7 Å². The first-order valence-corrected chi connectivity index (χ1v) is 8.12. The molecule has 6 heteroatoms. The Labute approximate surface area is 139 Å². The maximum Gasteiger partial charge on any atom is 0.283 e. The van der Waals surface area contributed by atoms with Gasteiger partial charge >= 0.3 is 0 Å². The van der Waals surface area contributed by atoms with E-state index in [9.17, 15) is 4.39 Å². The molecule has 1 aliphatic heterocycles. The molecule has 0 spiro atoms. The van der Waals surface area contributed by atoms with Crippen molar-refractivity contribution < 1.29 is 13.2 Å². The second kappa shape index (κ2) is 6.57. The lowest BCUT2D eigenvalue weighted by Crippen LogP contribution is -2.32. The quantitative estimate of drug-likeness (QED) is 0.728. The number of piperidine rings is 1. The van der Waals surface area contributed by atoms with E-state index in [1.54, 1.807) is 12.3 Å². The van der Waals surface area contributed by atoms with Crippen LogP contribution in [0.15, 0.2) is 51.5 Å². The summed E-state index contributed by atoms with van der Waals surface area (Å²) in [7, 11) is 0. The van der Waals surface area contributed by atoms with Crippen LogP contribution < -0.4 is 0 Å². The molecule has 0 amide bonds. The number of halogens is 1. The van der Waals surface area contributed by atoms with E-state index in [2.05, 4.69) is 15.1 Å². The minimum absolute atomic E-state index is 0.193. The van der Waals surface area contributed by atoms with E-state index in [4.69, 9.17) is 8.83 Å². The topological polar surface area (TPSA) is 55.3 Å². The third-order valence-corrected chi connectivity index (χ3v) is 4.43. The lowest BCUT2D eigenvalue weighted by atomic mass is 9.96. The van der Waals surface area contributed by atoms with Crippen LogP contribution >= 0.6 is 0 Å². The molecular weight excluding hydrogens is 309 g/mol. The van der Waals surface area contributed by atoms with Gasteiger partial charge in [-0.15, -0.1) is 10.2 Å². The molecule has 3 aromatic rings. The van der Waals surface area contributed by atoms with Gasteiger partial charge in [0.2, 0.25) is 5.89 Å². The van der Waals surface area contributed by atoms with Crippen LogP contribution in [0.1, 0.15) is 30.2 Å². The maximum atomic E-state index is 13.0. The summed E-state index contributed by atoms with van der Waals surface area (Å²) in [6.07, 6.45) is 3.54. The summed E-state index contributed by atoms with van der Waals surface area (Å²) in [6.45, 7) is 2.76. The number of benzene rings is 1. The zero-order valence-electron chi connectivity index (χ0n) is 13.2. The van der Waals surface area contributed by atoms with Gasteiger partial charge in [-0.05, 0) is 55.8 Å². The van der Waals surface area contributed by atoms with Gasteiger partial charge in [0.15, 0.2) is 5.76 Å². The molecule has 1 fully saturated rings. The predicted octanol–water partition coefficient (Wildman–Crippen LogP) is 3.85. The second-order valence-electron chi connectivity index (χ2n) is 6.10. The summed E-state index contributed by atoms with van der Waals surface area (Å²) in [4.78, 5) is 2.37. The maximum absolute atomic E-state index is 13.0. The number of aromatic nitrogens is 2. The van der Waals surface area contributed by atoms with Crippen molar-refractivity contribution in [2.45, 2.75) is 25.3 Å². The van der Waals surface area contributed by atoms with Gasteiger partial charge in [0.05, 0.1) is 6.26 Å². The first-order chi connectivity index (χ1) is 11.8. The summed E-state index contributed by atoms with van der Waals surface area (Å²) < 4.78 is 24.0. The number of likely N-dealkylation sites (tertiary alicyclic amines) is 1. The van der Waals surface area contributed by atoms with E-state index in [-0.39, 0.29) is 11.7 Å². The molecule has 24 heavy (non-hydrogen) atoms. The third kappa shape index (κ3) is 3.23. The average molecular weight is 327 g/mol. The number of rotatable bonds is 4. The molecule has 124 valence electrons. The molecule has 0 bridgehead atoms. The molecule has 5 nitrogen and oxygen atoms in total. The van der Waals surface area contributed by atoms with Crippen molar-refractivity contribution in [1.82, 2.24) is 15.1 Å². The zero-order chi connectivity index (χ0) is 16.4. The van der Waals surface area contributed by atoms with Gasteiger partial charge in [0.1, 0.15) is 5.82 Å². The van der Waals surface area contributed by atoms with E-state index in [0.29, 0.717) is 17.5 Å². The van der Waals surface area contributed by atoms with Crippen LogP contribution in [-0.4, -0.2) is 28.2 Å². The van der Waals surface area contributed by atoms with Crippen LogP contribution in [0.2, 0.25) is 0 Å². The van der Waals surface area contributed by atoms with E-state index in [1.165, 1.54) is 12.1 Å². The first kappa shape index (κ1) is 15.1. The lowest BCUT2D eigenvalue weighted by Gasteiger charge is -2.30. The van der Waals surface area contributed by atoms with E-state index in [1.807, 2.05) is 18.2 Å². The number of hydrogen-bond acceptors (Lipinski definition) is 5. The first-order valence-electron chi connectivity index (χ1n) is 8.12. The fourth-order valence-electron chi connectivity index (χ4n) is 3.09. The summed E-state index contributed by atoms with van der Waals surface area (Å²) in [5, 5.41) is 8.25. The second-order valence-corrected chi connectivity index (χ2v) is 6.10. The Kier molecular flexibility index (Phi) is 4.13. The van der Waals surface area contributed by atoms with Gasteiger partial charge in [0.25, 0.3) is 5.89 Å². The highest BCUT2D eigenvalue weighted by atomic mass is 19.1. The third-order valence-electron chi connectivity index (χ3n) is 4.43. The minimum Gasteiger partial charge on any atom is -0.459 e. The Balaban J connectivity index is 1.35. The van der Waals surface area contributed by atoms with Gasteiger partial charge in [-0.1, -0.05) is 12.1 Å². The van der Waals surface area contributed by atoms with Crippen LogP contribution in [0.5, 0.6) is 0 Å². The Hall–Kier alpha value is -2.47. The van der Waals surface area contributed by atoms with Crippen molar-refractivity contribution in [2.75, 3.05) is 13.1 Å². The SMILES string of the molecule is Fc1ccc(CN2CCC(c3nnc(-c4ccco4)o3)CC2)cc1. The number of furan rings is 1. The molecule has 0 radical (unpaired) electrons. The highest BCUT2D eigenvalue weighted by Crippen LogP contribution is 2.29. The zero-order valence-corrected chi connectivity index (χ0v) is 13.2. The van der Waals surface area contributed by atoms with E-state index >= 15 is 0 Å². The molecular formula is C18H18FN3O2. The highest BCUT2D eigenvalue weighted by molar-refractivity contribution is 5.42. The monoisotopic (exact) mass is 327 g/mol. The molecule has 1 saturated heterocycles. The average Bonchev–Trinajstić information content (AvgIpc) is 3.29. The van der Waals surface area contributed by atoms with Gasteiger partial charge in [0, 0.05) is 12.5 Å². The minimum atomic E-state index is -0.193. The Bertz CT molecular complexity index is 775. The fraction of sp³-hybridized carbons (Fsp3) is 0.333. The summed E-state index contributed by atoms with van der Waals surface area (Å²) >= 11 is 0. The molecule has 0 unspecified atom stereocenters. The summed E-state index contributed by atoms with van der Waals surface area (Å²) in [5.74, 6) is 1.81. The van der Waals surface area contributed by atoms with Crippen LogP contribution in [0.3, 0.4) is 0 Å². The van der Waals surface area contributed by atoms with Gasteiger partial charge in [-0.3, -0.25) is 4.90 Å². The normalized spacial score (nSPS) is 16.5. The largest absolute Gasteiger partial charge is 0.459 e. The molecule has 0 aliphatic carbocycles. The summed E-state index contributed by atoms with van der Waals surface area (Å²) in [5.41, 5.74) is 1.13. The molecule has 3 heterocycles. The van der Waals surface area contributed by atoms with Crippen LogP contribution in [0.25, 0.3) is 11.7 Å². The summed E-state index contributed by atoms with van der Waals surface area (Å²) in [6, 6.07) is 10.3. The smallest absolute Gasteiger partial charge is 0.283 e. The van der Waals surface area contributed by atoms with Gasteiger partial charge in [-0.25, -0.2) is 4.39 Å². The van der Waals surface area contributed by atoms with Crippen molar-refractivity contribution in [1.29, 1.82) is 0 Å². The van der Waals surface area contributed by atoms with Gasteiger partial charge < -0.3 is 8.83 Å². The standard InChI is InChI=1S/C18H18FN3O2/c19-15-5-3-13(4-6-15)12-22-9-7-14(8-10-22)17-20-21-18(24-17)16-2-1-11-23-16/h1-6,11,14H,7-10,12H2. The van der Waals surface area contributed by atoms with Crippen LogP contribution in [0.4, 0.5) is 4.39 Å². The molecule has 4 rings (SSSR count). The molecule has 2 aromatic heterocycles. The van der Waals surface area contributed by atoms with E-state index < -0.39 is 0 Å². The van der Waals surface area contributed by atoms with Crippen LogP contribution in [-0.2, 0) is 6.54 Å². The van der Waals surface area contributed by atoms with Crippen molar-refractivity contribution in [2.24, 2.45) is 0 Å². The van der Waals surface area contributed by atoms with Crippen molar-refractivity contribution >= 4 is 0 Å². The number of hydrogen-bond donors (Lipinski definition) is 0. The lowest BCUT2D eigenvalue weighted by molar-refractivity contribution is 0.193. The van der Waals surface area contributed by atoms with E-state index in [0.717, 1.165) is 38.0 Å². The number of nitrogens with zero attached hydrogens (tertiary/aromatic N) is 3. The Morgan fingerprint density at radius 1 is 1.08 bits per heavy atom. The molecule has 1 aliphatic rings. The van der Waals surface area contributed by atoms with Gasteiger partial charge in [-0.2, -0.15) is 0 Å². The fourth-order valence-corrected chi connectivity index (χ4v) is 3.09. The van der Waals surface area contributed by atoms with Crippen molar-refractivity contribution in [3.05, 3.63) is 59.9 Å². The predicted molar refractivity (Wildman–Crippen MR) is 85.7 cm³/mol. The van der Waals surface area contributed by atoms with Crippen LogP contribution in [0, 0.1) is 5.82 Å². The molecule has 1 aromatic carbocycles.